The summed E-state index contributed by atoms with van der Waals surface area (Å²) in [7, 11) is 0. The van der Waals surface area contributed by atoms with Gasteiger partial charge in [-0.2, -0.15) is 5.10 Å². The first kappa shape index (κ1) is 19.9. The minimum Gasteiger partial charge on any atom is -0.388 e. The van der Waals surface area contributed by atoms with Gasteiger partial charge in [-0.05, 0) is 48.6 Å². The molecule has 1 aliphatic rings. The largest absolute Gasteiger partial charge is 0.388 e. The zero-order chi connectivity index (χ0) is 20.4. The molecule has 3 aromatic rings. The van der Waals surface area contributed by atoms with Crippen LogP contribution in [0.2, 0.25) is 0 Å². The second-order valence-electron chi connectivity index (χ2n) is 7.43. The molecule has 4 rings (SSSR count). The van der Waals surface area contributed by atoms with Crippen molar-refractivity contribution >= 4 is 11.3 Å². The lowest BCUT2D eigenvalue weighted by Gasteiger charge is -2.38. The van der Waals surface area contributed by atoms with Gasteiger partial charge in [0.2, 0.25) is 0 Å². The first-order valence-electron chi connectivity index (χ1n) is 9.43. The summed E-state index contributed by atoms with van der Waals surface area (Å²) in [5.41, 5.74) is -0.329. The Hall–Kier alpha value is -2.42. The quantitative estimate of drug-likeness (QED) is 0.692. The molecule has 0 radical (unpaired) electrons. The molecule has 1 saturated heterocycles. The summed E-state index contributed by atoms with van der Waals surface area (Å²) in [6, 6.07) is 10.4. The van der Waals surface area contributed by atoms with Crippen molar-refractivity contribution in [3.63, 3.8) is 0 Å². The number of aliphatic hydroxyl groups is 1. The van der Waals surface area contributed by atoms with Crippen LogP contribution in [0.3, 0.4) is 0 Å². The van der Waals surface area contributed by atoms with Crippen molar-refractivity contribution in [2.24, 2.45) is 0 Å². The van der Waals surface area contributed by atoms with Crippen molar-refractivity contribution in [1.29, 1.82) is 0 Å². The van der Waals surface area contributed by atoms with E-state index in [1.165, 1.54) is 28.2 Å². The summed E-state index contributed by atoms with van der Waals surface area (Å²) in [6.45, 7) is 1.43. The van der Waals surface area contributed by atoms with Crippen molar-refractivity contribution in [2.75, 3.05) is 13.1 Å². The molecule has 0 amide bonds. The summed E-state index contributed by atoms with van der Waals surface area (Å²) in [4.78, 5) is 15.2. The Morgan fingerprint density at radius 2 is 1.93 bits per heavy atom. The van der Waals surface area contributed by atoms with Crippen molar-refractivity contribution in [3.8, 4) is 10.6 Å². The number of nitrogens with zero attached hydrogens (tertiary/aromatic N) is 3. The molecule has 5 nitrogen and oxygen atoms in total. The predicted octanol–water partition coefficient (Wildman–Crippen LogP) is 3.28. The highest BCUT2D eigenvalue weighted by Gasteiger charge is 2.33. The average molecular weight is 417 g/mol. The zero-order valence-electron chi connectivity index (χ0n) is 15.7. The number of halogens is 2. The van der Waals surface area contributed by atoms with Crippen LogP contribution in [0.1, 0.15) is 18.4 Å². The first-order chi connectivity index (χ1) is 13.9. The van der Waals surface area contributed by atoms with E-state index in [0.29, 0.717) is 37.2 Å². The number of hydrogen-bond donors (Lipinski definition) is 1. The second-order valence-corrected chi connectivity index (χ2v) is 8.38. The van der Waals surface area contributed by atoms with Gasteiger partial charge in [-0.25, -0.2) is 13.5 Å². The molecule has 0 bridgehead atoms. The van der Waals surface area contributed by atoms with Gasteiger partial charge in [-0.15, -0.1) is 11.3 Å². The van der Waals surface area contributed by atoms with Crippen LogP contribution in [-0.4, -0.2) is 38.5 Å². The number of piperidine rings is 1. The van der Waals surface area contributed by atoms with Gasteiger partial charge in [0.25, 0.3) is 5.56 Å². The topological polar surface area (TPSA) is 58.4 Å². The molecule has 3 heterocycles. The molecule has 0 aliphatic carbocycles. The van der Waals surface area contributed by atoms with Crippen molar-refractivity contribution < 1.29 is 13.9 Å². The molecule has 0 atom stereocenters. The van der Waals surface area contributed by atoms with Crippen LogP contribution in [0.5, 0.6) is 0 Å². The van der Waals surface area contributed by atoms with Crippen molar-refractivity contribution in [1.82, 2.24) is 14.7 Å². The SMILES string of the molecule is O=c1ccc(-c2cccs2)nn1CC1(O)CCN(Cc2cc(F)ccc2F)CC1. The molecule has 29 heavy (non-hydrogen) atoms. The molecule has 0 spiro atoms. The first-order valence-corrected chi connectivity index (χ1v) is 10.3. The Balaban J connectivity index is 1.43. The standard InChI is InChI=1S/C21H21F2N3O2S/c22-16-3-4-17(23)15(12-16)13-25-9-7-21(28,8-10-25)14-26-20(27)6-5-18(24-26)19-2-1-11-29-19/h1-6,11-12,28H,7-10,13-14H2. The summed E-state index contributed by atoms with van der Waals surface area (Å²) in [5.74, 6) is -0.903. The highest BCUT2D eigenvalue weighted by Crippen LogP contribution is 2.26. The molecule has 0 unspecified atom stereocenters. The predicted molar refractivity (Wildman–Crippen MR) is 108 cm³/mol. The third kappa shape index (κ3) is 4.60. The summed E-state index contributed by atoms with van der Waals surface area (Å²) in [5, 5.41) is 17.3. The highest BCUT2D eigenvalue weighted by atomic mass is 32.1. The Kier molecular flexibility index (Phi) is 5.58. The molecule has 0 saturated carbocycles. The lowest BCUT2D eigenvalue weighted by molar-refractivity contribution is -0.0390. The van der Waals surface area contributed by atoms with Gasteiger partial charge >= 0.3 is 0 Å². The Labute approximate surface area is 170 Å². The fourth-order valence-electron chi connectivity index (χ4n) is 3.59. The van der Waals surface area contributed by atoms with Crippen LogP contribution >= 0.6 is 11.3 Å². The van der Waals surface area contributed by atoms with Crippen LogP contribution in [0.15, 0.2) is 52.6 Å². The van der Waals surface area contributed by atoms with E-state index in [0.717, 1.165) is 17.0 Å². The maximum Gasteiger partial charge on any atom is 0.266 e. The van der Waals surface area contributed by atoms with Crippen LogP contribution in [0.4, 0.5) is 8.78 Å². The van der Waals surface area contributed by atoms with E-state index in [2.05, 4.69) is 5.10 Å². The Morgan fingerprint density at radius 1 is 1.14 bits per heavy atom. The van der Waals surface area contributed by atoms with Crippen LogP contribution in [0, 0.1) is 11.6 Å². The van der Waals surface area contributed by atoms with Gasteiger partial charge in [0.05, 0.1) is 17.0 Å². The minimum atomic E-state index is -1.07. The molecular formula is C21H21F2N3O2S. The monoisotopic (exact) mass is 417 g/mol. The molecular weight excluding hydrogens is 396 g/mol. The molecule has 1 fully saturated rings. The van der Waals surface area contributed by atoms with Gasteiger partial charge < -0.3 is 5.11 Å². The number of rotatable bonds is 5. The maximum atomic E-state index is 13.9. The Bertz CT molecular complexity index is 1040. The van der Waals surface area contributed by atoms with Gasteiger partial charge in [0.15, 0.2) is 0 Å². The van der Waals surface area contributed by atoms with E-state index in [9.17, 15) is 18.7 Å². The normalized spacial score (nSPS) is 16.8. The highest BCUT2D eigenvalue weighted by molar-refractivity contribution is 7.13. The molecule has 8 heteroatoms. The average Bonchev–Trinajstić information content (AvgIpc) is 3.23. The van der Waals surface area contributed by atoms with E-state index in [-0.39, 0.29) is 18.6 Å². The van der Waals surface area contributed by atoms with Crippen molar-refractivity contribution in [2.45, 2.75) is 31.5 Å². The molecule has 152 valence electrons. The summed E-state index contributed by atoms with van der Waals surface area (Å²) >= 11 is 1.53. The molecule has 1 aliphatic heterocycles. The van der Waals surface area contributed by atoms with Gasteiger partial charge in [-0.1, -0.05) is 6.07 Å². The molecule has 1 N–H and O–H groups in total. The Morgan fingerprint density at radius 3 is 2.66 bits per heavy atom. The molecule has 2 aromatic heterocycles. The number of aromatic nitrogens is 2. The number of benzene rings is 1. The third-order valence-corrected chi connectivity index (χ3v) is 6.17. The van der Waals surface area contributed by atoms with E-state index in [1.807, 2.05) is 22.4 Å². The van der Waals surface area contributed by atoms with Crippen LogP contribution < -0.4 is 5.56 Å². The van der Waals surface area contributed by atoms with Crippen LogP contribution in [0.25, 0.3) is 10.6 Å². The summed E-state index contributed by atoms with van der Waals surface area (Å²) < 4.78 is 28.6. The molecule has 1 aromatic carbocycles. The van der Waals surface area contributed by atoms with Gasteiger partial charge in [0, 0.05) is 31.3 Å². The number of likely N-dealkylation sites (tertiary alicyclic amines) is 1. The summed E-state index contributed by atoms with van der Waals surface area (Å²) in [6.07, 6.45) is 0.836. The van der Waals surface area contributed by atoms with E-state index < -0.39 is 17.2 Å². The van der Waals surface area contributed by atoms with E-state index in [1.54, 1.807) is 6.07 Å². The zero-order valence-corrected chi connectivity index (χ0v) is 16.5. The lowest BCUT2D eigenvalue weighted by atomic mass is 9.91. The fourth-order valence-corrected chi connectivity index (χ4v) is 4.28. The number of hydrogen-bond acceptors (Lipinski definition) is 5. The third-order valence-electron chi connectivity index (χ3n) is 5.27. The number of thiophene rings is 1. The van der Waals surface area contributed by atoms with E-state index in [4.69, 9.17) is 0 Å². The van der Waals surface area contributed by atoms with Gasteiger partial charge in [0.1, 0.15) is 17.3 Å². The lowest BCUT2D eigenvalue weighted by Crippen LogP contribution is -2.48. The second kappa shape index (κ2) is 8.14. The maximum absolute atomic E-state index is 13.9. The van der Waals surface area contributed by atoms with Crippen molar-refractivity contribution in [3.05, 3.63) is 75.4 Å². The van der Waals surface area contributed by atoms with E-state index >= 15 is 0 Å². The fraction of sp³-hybridized carbons (Fsp3) is 0.333. The minimum absolute atomic E-state index is 0.104. The van der Waals surface area contributed by atoms with Gasteiger partial charge in [-0.3, -0.25) is 9.69 Å². The van der Waals surface area contributed by atoms with Crippen LogP contribution in [-0.2, 0) is 13.1 Å². The smallest absolute Gasteiger partial charge is 0.266 e.